The second kappa shape index (κ2) is 16.5. The normalized spacial score (nSPS) is 10.7. The number of carbonyl (C=O) groups is 4. The van der Waals surface area contributed by atoms with Gasteiger partial charge in [0, 0.05) is 86.8 Å². The Hall–Kier alpha value is -5.27. The van der Waals surface area contributed by atoms with Gasteiger partial charge in [0.2, 0.25) is 0 Å². The van der Waals surface area contributed by atoms with Gasteiger partial charge < -0.3 is 41.0 Å². The SMILES string of the molecule is Cn1cc(NC(=O)c2cccc(NC(=O)c3cc(NC(=O)c4ccc(N(CCCl)CCCl)cc4)cn3C)c2)cc1C(=O)NCCC(=N)N. The molecular formula is C33H37Cl2N9O4. The zero-order valence-corrected chi connectivity index (χ0v) is 28.0. The van der Waals surface area contributed by atoms with Gasteiger partial charge in [-0.15, -0.1) is 23.2 Å². The molecule has 2 heterocycles. The lowest BCUT2D eigenvalue weighted by Crippen LogP contribution is -2.28. The van der Waals surface area contributed by atoms with Gasteiger partial charge in [-0.2, -0.15) is 0 Å². The maximum Gasteiger partial charge on any atom is 0.272 e. The second-order valence-electron chi connectivity index (χ2n) is 10.8. The van der Waals surface area contributed by atoms with Crippen molar-refractivity contribution in [1.82, 2.24) is 14.5 Å². The molecule has 0 aliphatic carbocycles. The molecule has 4 rings (SSSR count). The van der Waals surface area contributed by atoms with Gasteiger partial charge in [-0.25, -0.2) is 0 Å². The molecule has 2 aromatic heterocycles. The number of nitrogens with one attached hydrogen (secondary N) is 5. The van der Waals surface area contributed by atoms with Crippen molar-refractivity contribution in [2.24, 2.45) is 19.8 Å². The topological polar surface area (TPSA) is 179 Å². The molecule has 4 amide bonds. The van der Waals surface area contributed by atoms with Gasteiger partial charge in [-0.3, -0.25) is 24.6 Å². The number of anilines is 4. The summed E-state index contributed by atoms with van der Waals surface area (Å²) in [5.74, 6) is -0.711. The Bertz CT molecular complexity index is 1790. The number of aromatic nitrogens is 2. The Kier molecular flexibility index (Phi) is 12.2. The molecule has 0 saturated heterocycles. The van der Waals surface area contributed by atoms with Crippen LogP contribution in [0.5, 0.6) is 0 Å². The van der Waals surface area contributed by atoms with E-state index in [0.717, 1.165) is 5.69 Å². The van der Waals surface area contributed by atoms with E-state index in [0.29, 0.717) is 53.2 Å². The van der Waals surface area contributed by atoms with Crippen molar-refractivity contribution in [2.45, 2.75) is 6.42 Å². The lowest BCUT2D eigenvalue weighted by atomic mass is 10.1. The molecule has 0 unspecified atom stereocenters. The average Bonchev–Trinajstić information content (AvgIpc) is 3.61. The highest BCUT2D eigenvalue weighted by atomic mass is 35.5. The van der Waals surface area contributed by atoms with Crippen LogP contribution in [0.2, 0.25) is 0 Å². The first-order chi connectivity index (χ1) is 23.0. The van der Waals surface area contributed by atoms with Crippen molar-refractivity contribution in [3.63, 3.8) is 0 Å². The van der Waals surface area contributed by atoms with Crippen LogP contribution in [-0.4, -0.2) is 70.0 Å². The minimum Gasteiger partial charge on any atom is -0.388 e. The summed E-state index contributed by atoms with van der Waals surface area (Å²) < 4.78 is 3.16. The summed E-state index contributed by atoms with van der Waals surface area (Å²) in [6, 6.07) is 16.6. The van der Waals surface area contributed by atoms with Gasteiger partial charge in [0.25, 0.3) is 23.6 Å². The van der Waals surface area contributed by atoms with E-state index in [1.807, 2.05) is 17.0 Å². The largest absolute Gasteiger partial charge is 0.388 e. The third-order valence-corrected chi connectivity index (χ3v) is 7.59. The molecule has 0 aliphatic rings. The molecule has 0 aliphatic heterocycles. The first-order valence-corrected chi connectivity index (χ1v) is 16.0. The van der Waals surface area contributed by atoms with Crippen molar-refractivity contribution < 1.29 is 19.2 Å². The molecule has 13 nitrogen and oxygen atoms in total. The number of hydrogen-bond acceptors (Lipinski definition) is 6. The van der Waals surface area contributed by atoms with Crippen LogP contribution in [-0.2, 0) is 14.1 Å². The third kappa shape index (κ3) is 9.39. The van der Waals surface area contributed by atoms with Gasteiger partial charge in [-0.1, -0.05) is 6.07 Å². The molecule has 0 atom stereocenters. The standard InChI is InChI=1S/C33H37Cl2N9O4/c1-42-19-24(17-27(42)32(47)38-13-10-29(36)37)41-31(46)22-4-3-5-23(16-22)39-33(48)28-18-25(20-43(28)2)40-30(45)21-6-8-26(9-7-21)44(14-11-34)15-12-35/h3-9,16-20H,10-15H2,1-2H3,(H3,36,37)(H,38,47)(H,39,48)(H,40,45)(H,41,46). The maximum absolute atomic E-state index is 13.2. The Morgan fingerprint density at radius 3 is 1.83 bits per heavy atom. The van der Waals surface area contributed by atoms with E-state index in [9.17, 15) is 19.2 Å². The summed E-state index contributed by atoms with van der Waals surface area (Å²) in [7, 11) is 3.36. The zero-order valence-electron chi connectivity index (χ0n) is 26.5. The minimum atomic E-state index is -0.443. The van der Waals surface area contributed by atoms with Crippen molar-refractivity contribution in [3.8, 4) is 0 Å². The van der Waals surface area contributed by atoms with Crippen LogP contribution in [0.3, 0.4) is 0 Å². The molecule has 2 aromatic carbocycles. The van der Waals surface area contributed by atoms with E-state index < -0.39 is 11.8 Å². The van der Waals surface area contributed by atoms with Gasteiger partial charge in [0.15, 0.2) is 0 Å². The molecule has 7 N–H and O–H groups in total. The monoisotopic (exact) mass is 693 g/mol. The van der Waals surface area contributed by atoms with Crippen LogP contribution < -0.4 is 31.9 Å². The summed E-state index contributed by atoms with van der Waals surface area (Å²) in [6.07, 6.45) is 3.46. The number of aryl methyl sites for hydroxylation is 2. The van der Waals surface area contributed by atoms with Gasteiger partial charge in [-0.05, 0) is 54.6 Å². The lowest BCUT2D eigenvalue weighted by Gasteiger charge is -2.22. The van der Waals surface area contributed by atoms with Crippen LogP contribution in [0.25, 0.3) is 0 Å². The fourth-order valence-electron chi connectivity index (χ4n) is 4.86. The number of nitrogens with two attached hydrogens (primary N) is 1. The number of halogens is 2. The quantitative estimate of drug-likeness (QED) is 0.0608. The summed E-state index contributed by atoms with van der Waals surface area (Å²) in [4.78, 5) is 53.6. The number of nitrogens with zero attached hydrogens (tertiary/aromatic N) is 3. The number of amidine groups is 1. The van der Waals surface area contributed by atoms with Gasteiger partial charge >= 0.3 is 0 Å². The van der Waals surface area contributed by atoms with Gasteiger partial charge in [0.1, 0.15) is 11.4 Å². The summed E-state index contributed by atoms with van der Waals surface area (Å²) in [6.45, 7) is 1.48. The Morgan fingerprint density at radius 1 is 0.729 bits per heavy atom. The second-order valence-corrected chi connectivity index (χ2v) is 11.6. The zero-order chi connectivity index (χ0) is 34.8. The van der Waals surface area contributed by atoms with E-state index in [1.54, 1.807) is 72.0 Å². The van der Waals surface area contributed by atoms with E-state index in [2.05, 4.69) is 21.3 Å². The molecule has 0 bridgehead atoms. The van der Waals surface area contributed by atoms with Crippen LogP contribution in [0, 0.1) is 5.41 Å². The van der Waals surface area contributed by atoms with E-state index >= 15 is 0 Å². The Balaban J connectivity index is 1.36. The predicted molar refractivity (Wildman–Crippen MR) is 190 cm³/mol. The summed E-state index contributed by atoms with van der Waals surface area (Å²) >= 11 is 11.8. The van der Waals surface area contributed by atoms with E-state index in [4.69, 9.17) is 34.3 Å². The van der Waals surface area contributed by atoms with Crippen molar-refractivity contribution in [3.05, 3.63) is 95.6 Å². The highest BCUT2D eigenvalue weighted by molar-refractivity contribution is 6.18. The first kappa shape index (κ1) is 35.6. The van der Waals surface area contributed by atoms with Crippen LogP contribution in [0.1, 0.15) is 48.1 Å². The van der Waals surface area contributed by atoms with Gasteiger partial charge in [0.05, 0.1) is 17.2 Å². The highest BCUT2D eigenvalue weighted by Gasteiger charge is 2.17. The number of alkyl halides is 2. The Labute approximate surface area is 287 Å². The number of benzene rings is 2. The number of amides is 4. The van der Waals surface area contributed by atoms with Crippen LogP contribution in [0.4, 0.5) is 22.7 Å². The molecule has 48 heavy (non-hydrogen) atoms. The summed E-state index contributed by atoms with van der Waals surface area (Å²) in [5, 5.41) is 18.3. The number of carbonyl (C=O) groups excluding carboxylic acids is 4. The molecule has 15 heteroatoms. The number of hydrogen-bond donors (Lipinski definition) is 6. The molecule has 4 aromatic rings. The smallest absolute Gasteiger partial charge is 0.272 e. The van der Waals surface area contributed by atoms with Crippen LogP contribution >= 0.6 is 23.2 Å². The average molecular weight is 695 g/mol. The Morgan fingerprint density at radius 2 is 1.27 bits per heavy atom. The fraction of sp³-hybridized carbons (Fsp3) is 0.242. The molecule has 0 fully saturated rings. The molecular weight excluding hydrogens is 657 g/mol. The highest BCUT2D eigenvalue weighted by Crippen LogP contribution is 2.20. The number of rotatable bonds is 15. The van der Waals surface area contributed by atoms with Crippen molar-refractivity contribution in [2.75, 3.05) is 52.2 Å². The summed E-state index contributed by atoms with van der Waals surface area (Å²) in [5.41, 5.74) is 8.79. The predicted octanol–water partition coefficient (Wildman–Crippen LogP) is 4.46. The fourth-order valence-corrected chi connectivity index (χ4v) is 5.26. The van der Waals surface area contributed by atoms with E-state index in [1.165, 1.54) is 12.1 Å². The van der Waals surface area contributed by atoms with Crippen molar-refractivity contribution in [1.29, 1.82) is 5.41 Å². The molecule has 0 spiro atoms. The molecule has 252 valence electrons. The van der Waals surface area contributed by atoms with Crippen LogP contribution in [0.15, 0.2) is 73.1 Å². The first-order valence-electron chi connectivity index (χ1n) is 14.9. The maximum atomic E-state index is 13.2. The van der Waals surface area contributed by atoms with Crippen molar-refractivity contribution >= 4 is 75.4 Å². The lowest BCUT2D eigenvalue weighted by molar-refractivity contribution is 0.0944. The third-order valence-electron chi connectivity index (χ3n) is 7.26. The van der Waals surface area contributed by atoms with E-state index in [-0.39, 0.29) is 41.9 Å². The minimum absolute atomic E-state index is 0.0290. The molecule has 0 radical (unpaired) electrons. The molecule has 0 saturated carbocycles.